The highest BCUT2D eigenvalue weighted by atomic mass is 32.1. The van der Waals surface area contributed by atoms with Gasteiger partial charge in [-0.2, -0.15) is 0 Å². The van der Waals surface area contributed by atoms with Crippen LogP contribution in [0.4, 0.5) is 10.7 Å². The highest BCUT2D eigenvalue weighted by Gasteiger charge is 2.19. The van der Waals surface area contributed by atoms with E-state index in [0.717, 1.165) is 31.2 Å². The first-order chi connectivity index (χ1) is 8.22. The molecule has 0 atom stereocenters. The van der Waals surface area contributed by atoms with E-state index in [-0.39, 0.29) is 5.97 Å². The van der Waals surface area contributed by atoms with Gasteiger partial charge in [-0.1, -0.05) is 0 Å². The monoisotopic (exact) mass is 255 g/mol. The molecule has 0 amide bonds. The van der Waals surface area contributed by atoms with Gasteiger partial charge in [0.2, 0.25) is 0 Å². The minimum absolute atomic E-state index is 0.323. The van der Waals surface area contributed by atoms with Crippen molar-refractivity contribution in [3.8, 4) is 0 Å². The van der Waals surface area contributed by atoms with Crippen molar-refractivity contribution in [2.45, 2.75) is 6.92 Å². The number of nitrogens with zero attached hydrogens (tertiary/aromatic N) is 1. The highest BCUT2D eigenvalue weighted by molar-refractivity contribution is 7.18. The van der Waals surface area contributed by atoms with Gasteiger partial charge < -0.3 is 20.7 Å². The molecule has 94 valence electrons. The summed E-state index contributed by atoms with van der Waals surface area (Å²) in [5.74, 6) is -0.323. The summed E-state index contributed by atoms with van der Waals surface area (Å²) in [6, 6.07) is 1.86. The number of piperazine rings is 1. The van der Waals surface area contributed by atoms with Crippen LogP contribution in [0.25, 0.3) is 0 Å². The summed E-state index contributed by atoms with van der Waals surface area (Å²) in [5, 5.41) is 4.34. The number of nitrogen functional groups attached to an aromatic ring is 1. The lowest BCUT2D eigenvalue weighted by molar-refractivity contribution is 0.0533. The first-order valence-electron chi connectivity index (χ1n) is 5.74. The van der Waals surface area contributed by atoms with Gasteiger partial charge in [-0.25, -0.2) is 4.79 Å². The lowest BCUT2D eigenvalue weighted by atomic mass is 10.3. The number of ether oxygens (including phenoxy) is 1. The molecule has 17 heavy (non-hydrogen) atoms. The summed E-state index contributed by atoms with van der Waals surface area (Å²) >= 11 is 1.41. The fourth-order valence-electron chi connectivity index (χ4n) is 1.79. The minimum atomic E-state index is -0.323. The van der Waals surface area contributed by atoms with E-state index in [4.69, 9.17) is 10.5 Å². The number of carbonyl (C=O) groups is 1. The van der Waals surface area contributed by atoms with E-state index in [1.54, 1.807) is 6.92 Å². The van der Waals surface area contributed by atoms with Crippen LogP contribution in [0.15, 0.2) is 6.07 Å². The molecule has 1 saturated heterocycles. The average molecular weight is 255 g/mol. The van der Waals surface area contributed by atoms with Crippen molar-refractivity contribution in [1.29, 1.82) is 0 Å². The van der Waals surface area contributed by atoms with Crippen LogP contribution < -0.4 is 16.0 Å². The van der Waals surface area contributed by atoms with Crippen LogP contribution >= 0.6 is 11.3 Å². The molecule has 1 fully saturated rings. The highest BCUT2D eigenvalue weighted by Crippen LogP contribution is 2.32. The van der Waals surface area contributed by atoms with Crippen molar-refractivity contribution in [3.05, 3.63) is 10.9 Å². The number of hydrogen-bond donors (Lipinski definition) is 2. The zero-order chi connectivity index (χ0) is 12.3. The van der Waals surface area contributed by atoms with Gasteiger partial charge in [-0.05, 0) is 13.0 Å². The second-order valence-corrected chi connectivity index (χ2v) is 4.86. The second-order valence-electron chi connectivity index (χ2n) is 3.83. The molecule has 2 heterocycles. The van der Waals surface area contributed by atoms with Crippen molar-refractivity contribution < 1.29 is 9.53 Å². The molecule has 0 aliphatic carbocycles. The molecule has 1 aromatic rings. The minimum Gasteiger partial charge on any atom is -0.462 e. The van der Waals surface area contributed by atoms with E-state index in [1.165, 1.54) is 11.3 Å². The quantitative estimate of drug-likeness (QED) is 0.786. The Labute approximate surface area is 105 Å². The Bertz CT molecular complexity index is 399. The van der Waals surface area contributed by atoms with E-state index < -0.39 is 0 Å². The maximum atomic E-state index is 11.6. The lowest BCUT2D eigenvalue weighted by Gasteiger charge is -2.27. The van der Waals surface area contributed by atoms with E-state index in [1.807, 2.05) is 6.07 Å². The van der Waals surface area contributed by atoms with Crippen molar-refractivity contribution in [2.75, 3.05) is 43.4 Å². The van der Waals surface area contributed by atoms with Gasteiger partial charge in [0.15, 0.2) is 0 Å². The number of anilines is 2. The first-order valence-corrected chi connectivity index (χ1v) is 6.56. The van der Waals surface area contributed by atoms with Gasteiger partial charge in [0.05, 0.1) is 17.3 Å². The Morgan fingerprint density at radius 1 is 1.59 bits per heavy atom. The van der Waals surface area contributed by atoms with Crippen LogP contribution in [-0.4, -0.2) is 38.8 Å². The number of thiophene rings is 1. The van der Waals surface area contributed by atoms with Crippen molar-refractivity contribution in [3.63, 3.8) is 0 Å². The number of carbonyl (C=O) groups excluding carboxylic acids is 1. The lowest BCUT2D eigenvalue weighted by Crippen LogP contribution is -2.43. The molecule has 3 N–H and O–H groups in total. The van der Waals surface area contributed by atoms with Crippen LogP contribution in [-0.2, 0) is 4.74 Å². The van der Waals surface area contributed by atoms with Crippen molar-refractivity contribution in [2.24, 2.45) is 0 Å². The van der Waals surface area contributed by atoms with Gasteiger partial charge in [0.25, 0.3) is 0 Å². The number of rotatable bonds is 3. The van der Waals surface area contributed by atoms with Crippen LogP contribution in [0.2, 0.25) is 0 Å². The van der Waals surface area contributed by atoms with E-state index in [2.05, 4.69) is 10.2 Å². The molecule has 1 aromatic heterocycles. The molecule has 0 aromatic carbocycles. The Balaban J connectivity index is 2.14. The van der Waals surface area contributed by atoms with Crippen LogP contribution in [0.3, 0.4) is 0 Å². The average Bonchev–Trinajstić information content (AvgIpc) is 2.73. The zero-order valence-corrected chi connectivity index (χ0v) is 10.7. The summed E-state index contributed by atoms with van der Waals surface area (Å²) in [5.41, 5.74) is 6.36. The third-order valence-electron chi connectivity index (χ3n) is 2.64. The summed E-state index contributed by atoms with van der Waals surface area (Å²) in [6.45, 7) is 5.99. The molecule has 5 nitrogen and oxygen atoms in total. The number of nitrogens with two attached hydrogens (primary N) is 1. The third kappa shape index (κ3) is 2.70. The van der Waals surface area contributed by atoms with Crippen LogP contribution in [0, 0.1) is 0 Å². The van der Waals surface area contributed by atoms with Crippen molar-refractivity contribution in [1.82, 2.24) is 5.32 Å². The standard InChI is InChI=1S/C11H17N3O2S/c1-2-16-11(15)10-8(12)7-9(17-10)14-5-3-13-4-6-14/h7,13H,2-6,12H2,1H3. The number of hydrogen-bond acceptors (Lipinski definition) is 6. The Hall–Kier alpha value is -1.27. The second kappa shape index (κ2) is 5.37. The molecule has 2 rings (SSSR count). The zero-order valence-electron chi connectivity index (χ0n) is 9.86. The predicted octanol–water partition coefficient (Wildman–Crippen LogP) is 0.917. The third-order valence-corrected chi connectivity index (χ3v) is 3.83. The number of esters is 1. The summed E-state index contributed by atoms with van der Waals surface area (Å²) < 4.78 is 4.97. The molecule has 0 radical (unpaired) electrons. The molecule has 0 saturated carbocycles. The molecule has 0 bridgehead atoms. The van der Waals surface area contributed by atoms with Crippen LogP contribution in [0.5, 0.6) is 0 Å². The van der Waals surface area contributed by atoms with E-state index in [0.29, 0.717) is 17.2 Å². The fourth-order valence-corrected chi connectivity index (χ4v) is 2.81. The Morgan fingerprint density at radius 3 is 2.94 bits per heavy atom. The maximum Gasteiger partial charge on any atom is 0.350 e. The number of nitrogens with one attached hydrogen (secondary N) is 1. The maximum absolute atomic E-state index is 11.6. The van der Waals surface area contributed by atoms with E-state index >= 15 is 0 Å². The molecule has 1 aliphatic heterocycles. The Kier molecular flexibility index (Phi) is 3.86. The smallest absolute Gasteiger partial charge is 0.350 e. The SMILES string of the molecule is CCOC(=O)c1sc(N2CCNCC2)cc1N. The molecular formula is C11H17N3O2S. The van der Waals surface area contributed by atoms with Crippen LogP contribution in [0.1, 0.15) is 16.6 Å². The molecule has 6 heteroatoms. The van der Waals surface area contributed by atoms with E-state index in [9.17, 15) is 4.79 Å². The van der Waals surface area contributed by atoms with Gasteiger partial charge in [0, 0.05) is 26.2 Å². The topological polar surface area (TPSA) is 67.6 Å². The van der Waals surface area contributed by atoms with Gasteiger partial charge in [0.1, 0.15) is 4.88 Å². The van der Waals surface area contributed by atoms with Gasteiger partial charge in [-0.3, -0.25) is 0 Å². The first kappa shape index (κ1) is 12.2. The van der Waals surface area contributed by atoms with Gasteiger partial charge >= 0.3 is 5.97 Å². The predicted molar refractivity (Wildman–Crippen MR) is 69.8 cm³/mol. The molecule has 0 unspecified atom stereocenters. The molecule has 1 aliphatic rings. The molecule has 0 spiro atoms. The van der Waals surface area contributed by atoms with Crippen molar-refractivity contribution >= 4 is 28.0 Å². The summed E-state index contributed by atoms with van der Waals surface area (Å²) in [7, 11) is 0. The normalized spacial score (nSPS) is 15.9. The summed E-state index contributed by atoms with van der Waals surface area (Å²) in [4.78, 5) is 14.4. The Morgan fingerprint density at radius 2 is 2.29 bits per heavy atom. The largest absolute Gasteiger partial charge is 0.462 e. The summed E-state index contributed by atoms with van der Waals surface area (Å²) in [6.07, 6.45) is 0. The van der Waals surface area contributed by atoms with Gasteiger partial charge in [-0.15, -0.1) is 11.3 Å². The molecular weight excluding hydrogens is 238 g/mol. The fraction of sp³-hybridized carbons (Fsp3) is 0.545.